The first-order valence-corrected chi connectivity index (χ1v) is 18.7. The van der Waals surface area contributed by atoms with Gasteiger partial charge < -0.3 is 9.30 Å². The molecule has 1 fully saturated rings. The number of hydrogen-bond acceptors (Lipinski definition) is 6. The molecule has 12 heteroatoms. The number of aromatic nitrogens is 1. The monoisotopic (exact) mass is 685 g/mol. The summed E-state index contributed by atoms with van der Waals surface area (Å²) < 4.78 is 64.5. The number of nitrogens with one attached hydrogen (secondary N) is 1. The molecule has 46 heavy (non-hydrogen) atoms. The molecule has 1 aliphatic rings. The van der Waals surface area contributed by atoms with E-state index in [0.717, 1.165) is 51.5 Å². The fourth-order valence-electron chi connectivity index (χ4n) is 6.14. The number of aryl methyl sites for hydroxylation is 4. The van der Waals surface area contributed by atoms with Crippen molar-refractivity contribution in [3.05, 3.63) is 87.6 Å². The normalized spacial score (nSPS) is 16.1. The van der Waals surface area contributed by atoms with E-state index in [9.17, 15) is 21.6 Å². The van der Waals surface area contributed by atoms with Crippen LogP contribution in [0.1, 0.15) is 58.9 Å². The van der Waals surface area contributed by atoms with Crippen LogP contribution >= 0.6 is 11.6 Å². The Labute approximate surface area is 276 Å². The second-order valence-electron chi connectivity index (χ2n) is 12.2. The third kappa shape index (κ3) is 6.83. The van der Waals surface area contributed by atoms with Crippen molar-refractivity contribution in [2.24, 2.45) is 5.92 Å². The predicted octanol–water partition coefficient (Wildman–Crippen LogP) is 6.54. The molecule has 0 saturated carbocycles. The number of nitrogens with zero attached hydrogens (tertiary/aromatic N) is 2. The Morgan fingerprint density at radius 1 is 0.978 bits per heavy atom. The standard InChI is InChI=1S/C34H40ClN3O6S2/c1-22-9-7-16-37(21-22)46(42,43)29-14-12-28(13-15-29)45(40,41)36-34(39)30-10-6-11-31-32(30)25(4)26(5)38(31)17-8-18-44-27-19-23(2)33(35)24(3)20-27/h6,10-15,19-20,22H,7-9,16-18,21H2,1-5H3,(H,36,39)/t22-/m1/s1. The van der Waals surface area contributed by atoms with Crippen LogP contribution < -0.4 is 9.46 Å². The van der Waals surface area contributed by atoms with Crippen molar-refractivity contribution in [1.29, 1.82) is 0 Å². The van der Waals surface area contributed by atoms with E-state index in [1.165, 1.54) is 28.6 Å². The zero-order valence-corrected chi connectivity index (χ0v) is 29.2. The summed E-state index contributed by atoms with van der Waals surface area (Å²) in [4.78, 5) is 13.3. The van der Waals surface area contributed by atoms with Gasteiger partial charge in [0.05, 0.1) is 22.0 Å². The maximum absolute atomic E-state index is 13.4. The number of halogens is 1. The molecule has 3 aromatic carbocycles. The molecule has 1 aliphatic heterocycles. The minimum absolute atomic E-state index is 0.0212. The van der Waals surface area contributed by atoms with Crippen molar-refractivity contribution < 1.29 is 26.4 Å². The van der Waals surface area contributed by atoms with Gasteiger partial charge >= 0.3 is 0 Å². The first-order valence-electron chi connectivity index (χ1n) is 15.4. The Hall–Kier alpha value is -3.38. The zero-order valence-electron chi connectivity index (χ0n) is 26.8. The minimum atomic E-state index is -4.28. The quantitative estimate of drug-likeness (QED) is 0.190. The highest BCUT2D eigenvalue weighted by Gasteiger charge is 2.29. The summed E-state index contributed by atoms with van der Waals surface area (Å²) >= 11 is 6.27. The molecule has 4 aromatic rings. The van der Waals surface area contributed by atoms with E-state index in [2.05, 4.69) is 9.29 Å². The van der Waals surface area contributed by atoms with Gasteiger partial charge in [-0.05, 0) is 118 Å². The summed E-state index contributed by atoms with van der Waals surface area (Å²) in [6, 6.07) is 14.1. The molecule has 9 nitrogen and oxygen atoms in total. The van der Waals surface area contributed by atoms with Crippen LogP contribution in [0.2, 0.25) is 5.02 Å². The first-order chi connectivity index (χ1) is 21.7. The molecule has 5 rings (SSSR count). The molecule has 0 unspecified atom stereocenters. The molecule has 0 radical (unpaired) electrons. The van der Waals surface area contributed by atoms with E-state index in [-0.39, 0.29) is 21.3 Å². The maximum Gasteiger partial charge on any atom is 0.265 e. The predicted molar refractivity (Wildman–Crippen MR) is 181 cm³/mol. The summed E-state index contributed by atoms with van der Waals surface area (Å²) in [5, 5.41) is 1.41. The van der Waals surface area contributed by atoms with Crippen LogP contribution in [-0.2, 0) is 26.6 Å². The SMILES string of the molecule is Cc1cc(OCCCn2c(C)c(C)c3c(C(=O)NS(=O)(=O)c4ccc(S(=O)(=O)N5CCC[C@@H](C)C5)cc4)cccc32)cc(C)c1Cl. The highest BCUT2D eigenvalue weighted by Crippen LogP contribution is 2.30. The summed E-state index contributed by atoms with van der Waals surface area (Å²) in [5.41, 5.74) is 4.82. The van der Waals surface area contributed by atoms with Gasteiger partial charge in [0.1, 0.15) is 5.75 Å². The third-order valence-electron chi connectivity index (χ3n) is 8.72. The van der Waals surface area contributed by atoms with Crippen molar-refractivity contribution >= 4 is 48.5 Å². The lowest BCUT2D eigenvalue weighted by Gasteiger charge is -2.30. The van der Waals surface area contributed by atoms with Gasteiger partial charge in [0.15, 0.2) is 0 Å². The van der Waals surface area contributed by atoms with Gasteiger partial charge in [-0.25, -0.2) is 21.6 Å². The second-order valence-corrected chi connectivity index (χ2v) is 16.1. The Bertz CT molecular complexity index is 1980. The third-order valence-corrected chi connectivity index (χ3v) is 12.5. The van der Waals surface area contributed by atoms with E-state index in [1.807, 2.05) is 52.8 Å². The fraction of sp³-hybridized carbons (Fsp3) is 0.382. The molecule has 0 spiro atoms. The Kier molecular flexibility index (Phi) is 9.89. The Morgan fingerprint density at radius 3 is 2.28 bits per heavy atom. The number of fused-ring (bicyclic) bond motifs is 1. The van der Waals surface area contributed by atoms with Crippen molar-refractivity contribution in [1.82, 2.24) is 13.6 Å². The smallest absolute Gasteiger partial charge is 0.265 e. The lowest BCUT2D eigenvalue weighted by molar-refractivity contribution is 0.0983. The van der Waals surface area contributed by atoms with E-state index in [4.69, 9.17) is 16.3 Å². The van der Waals surface area contributed by atoms with Crippen LogP contribution in [0.5, 0.6) is 5.75 Å². The zero-order chi connectivity index (χ0) is 33.4. The van der Waals surface area contributed by atoms with Gasteiger partial charge in [-0.2, -0.15) is 4.31 Å². The molecule has 0 bridgehead atoms. The molecule has 246 valence electrons. The van der Waals surface area contributed by atoms with Crippen LogP contribution in [0.25, 0.3) is 10.9 Å². The average Bonchev–Trinajstić information content (AvgIpc) is 3.26. The van der Waals surface area contributed by atoms with Gasteiger partial charge in [0, 0.05) is 41.3 Å². The molecule has 1 amide bonds. The Morgan fingerprint density at radius 2 is 1.63 bits per heavy atom. The van der Waals surface area contributed by atoms with E-state index in [0.29, 0.717) is 38.0 Å². The van der Waals surface area contributed by atoms with Crippen LogP contribution in [-0.4, -0.2) is 51.3 Å². The molecular weight excluding hydrogens is 646 g/mol. The van der Waals surface area contributed by atoms with E-state index < -0.39 is 26.0 Å². The molecule has 1 aromatic heterocycles. The second kappa shape index (κ2) is 13.4. The number of sulfonamides is 2. The largest absolute Gasteiger partial charge is 0.494 e. The molecule has 0 aliphatic carbocycles. The average molecular weight is 686 g/mol. The van der Waals surface area contributed by atoms with Crippen LogP contribution in [0.4, 0.5) is 0 Å². The lowest BCUT2D eigenvalue weighted by atomic mass is 10.0. The van der Waals surface area contributed by atoms with Crippen molar-refractivity contribution in [2.75, 3.05) is 19.7 Å². The summed E-state index contributed by atoms with van der Waals surface area (Å²) in [6.45, 7) is 11.8. The van der Waals surface area contributed by atoms with Gasteiger partial charge in [-0.3, -0.25) is 4.79 Å². The number of carbonyl (C=O) groups is 1. The molecular formula is C34H40ClN3O6S2. The van der Waals surface area contributed by atoms with Gasteiger partial charge in [-0.15, -0.1) is 0 Å². The fourth-order valence-corrected chi connectivity index (χ4v) is 8.82. The van der Waals surface area contributed by atoms with Crippen molar-refractivity contribution in [2.45, 2.75) is 70.2 Å². The number of ether oxygens (including phenoxy) is 1. The number of piperidine rings is 1. The number of amides is 1. The number of carbonyl (C=O) groups excluding carboxylic acids is 1. The topological polar surface area (TPSA) is 115 Å². The first kappa shape index (κ1) is 34.0. The lowest BCUT2D eigenvalue weighted by Crippen LogP contribution is -2.39. The van der Waals surface area contributed by atoms with Crippen molar-refractivity contribution in [3.8, 4) is 5.75 Å². The molecule has 1 saturated heterocycles. The summed E-state index contributed by atoms with van der Waals surface area (Å²) in [5.74, 6) is 0.259. The van der Waals surface area contributed by atoms with Crippen molar-refractivity contribution in [3.63, 3.8) is 0 Å². The molecule has 1 N–H and O–H groups in total. The number of hydrogen-bond donors (Lipinski definition) is 1. The van der Waals surface area contributed by atoms with E-state index in [1.54, 1.807) is 12.1 Å². The number of rotatable bonds is 10. The Balaban J connectivity index is 1.30. The van der Waals surface area contributed by atoms with Gasteiger partial charge in [0.25, 0.3) is 15.9 Å². The van der Waals surface area contributed by atoms with Crippen LogP contribution in [0, 0.1) is 33.6 Å². The van der Waals surface area contributed by atoms with Gasteiger partial charge in [-0.1, -0.05) is 24.6 Å². The highest BCUT2D eigenvalue weighted by atomic mass is 35.5. The summed E-state index contributed by atoms with van der Waals surface area (Å²) in [7, 11) is -8.03. The van der Waals surface area contributed by atoms with E-state index >= 15 is 0 Å². The molecule has 2 heterocycles. The maximum atomic E-state index is 13.4. The van der Waals surface area contributed by atoms with Gasteiger partial charge in [0.2, 0.25) is 10.0 Å². The molecule has 1 atom stereocenters. The highest BCUT2D eigenvalue weighted by molar-refractivity contribution is 7.90. The van der Waals surface area contributed by atoms with Crippen LogP contribution in [0.15, 0.2) is 64.4 Å². The van der Waals surface area contributed by atoms with Crippen LogP contribution in [0.3, 0.4) is 0 Å². The minimum Gasteiger partial charge on any atom is -0.494 e. The number of benzene rings is 3. The summed E-state index contributed by atoms with van der Waals surface area (Å²) in [6.07, 6.45) is 2.46.